The molecule has 0 saturated heterocycles. The Morgan fingerprint density at radius 2 is 2.38 bits per heavy atom. The summed E-state index contributed by atoms with van der Waals surface area (Å²) in [5.41, 5.74) is 2.34. The predicted molar refractivity (Wildman–Crippen MR) is 56.3 cm³/mol. The Balaban J connectivity index is 2.36. The number of anilines is 1. The highest BCUT2D eigenvalue weighted by atomic mass is 32.2. The van der Waals surface area contributed by atoms with Gasteiger partial charge < -0.3 is 5.32 Å². The first kappa shape index (κ1) is 8.94. The van der Waals surface area contributed by atoms with Gasteiger partial charge in [-0.25, -0.2) is 0 Å². The van der Waals surface area contributed by atoms with Crippen LogP contribution >= 0.6 is 11.8 Å². The summed E-state index contributed by atoms with van der Waals surface area (Å²) in [7, 11) is 2.01. The smallest absolute Gasteiger partial charge is 0.117 e. The van der Waals surface area contributed by atoms with Gasteiger partial charge in [0.1, 0.15) is 5.03 Å². The fraction of sp³-hybridized carbons (Fsp3) is 0.667. The van der Waals surface area contributed by atoms with Gasteiger partial charge in [0, 0.05) is 19.3 Å². The molecule has 0 bridgehead atoms. The topological polar surface area (TPSA) is 29.9 Å². The Morgan fingerprint density at radius 1 is 1.62 bits per heavy atom. The van der Waals surface area contributed by atoms with Crippen molar-refractivity contribution >= 4 is 17.4 Å². The van der Waals surface area contributed by atoms with Gasteiger partial charge in [0.15, 0.2) is 0 Å². The molecule has 1 aromatic rings. The highest BCUT2D eigenvalue weighted by molar-refractivity contribution is 7.99. The second kappa shape index (κ2) is 3.25. The van der Waals surface area contributed by atoms with Crippen molar-refractivity contribution in [1.29, 1.82) is 0 Å². The van der Waals surface area contributed by atoms with E-state index in [0.717, 1.165) is 18.2 Å². The van der Waals surface area contributed by atoms with E-state index >= 15 is 0 Å². The summed E-state index contributed by atoms with van der Waals surface area (Å²) in [4.78, 5) is 0. The van der Waals surface area contributed by atoms with E-state index in [2.05, 4.69) is 24.3 Å². The van der Waals surface area contributed by atoms with E-state index in [0.29, 0.717) is 0 Å². The van der Waals surface area contributed by atoms with Crippen molar-refractivity contribution < 1.29 is 0 Å². The number of fused-ring (bicyclic) bond motifs is 1. The predicted octanol–water partition coefficient (Wildman–Crippen LogP) is 1.88. The zero-order valence-corrected chi connectivity index (χ0v) is 9.11. The van der Waals surface area contributed by atoms with Crippen molar-refractivity contribution in [3.05, 3.63) is 5.69 Å². The van der Waals surface area contributed by atoms with Crippen molar-refractivity contribution in [2.75, 3.05) is 17.6 Å². The van der Waals surface area contributed by atoms with Crippen LogP contribution in [0.3, 0.4) is 0 Å². The number of rotatable bonds is 0. The van der Waals surface area contributed by atoms with Crippen LogP contribution in [-0.2, 0) is 7.05 Å². The normalized spacial score (nSPS) is 21.9. The van der Waals surface area contributed by atoms with Gasteiger partial charge in [0.2, 0.25) is 0 Å². The lowest BCUT2D eigenvalue weighted by atomic mass is 10.2. The highest BCUT2D eigenvalue weighted by Gasteiger charge is 2.18. The largest absolute Gasteiger partial charge is 0.381 e. The number of thioether (sulfide) groups is 1. The van der Waals surface area contributed by atoms with Gasteiger partial charge in [-0.2, -0.15) is 5.10 Å². The molecule has 0 spiro atoms. The molecule has 2 rings (SSSR count). The maximum Gasteiger partial charge on any atom is 0.117 e. The van der Waals surface area contributed by atoms with E-state index < -0.39 is 0 Å². The first-order valence-electron chi connectivity index (χ1n) is 4.58. The van der Waals surface area contributed by atoms with E-state index in [-0.39, 0.29) is 0 Å². The molecule has 1 aliphatic heterocycles. The fourth-order valence-corrected chi connectivity index (χ4v) is 2.71. The third-order valence-electron chi connectivity index (χ3n) is 2.30. The molecule has 1 unspecified atom stereocenters. The number of hydrogen-bond donors (Lipinski definition) is 1. The third-order valence-corrected chi connectivity index (χ3v) is 3.78. The number of aryl methyl sites for hydroxylation is 2. The Labute approximate surface area is 82.9 Å². The molecule has 13 heavy (non-hydrogen) atoms. The van der Waals surface area contributed by atoms with Crippen molar-refractivity contribution in [3.8, 4) is 0 Å². The molecular weight excluding hydrogens is 182 g/mol. The molecule has 3 nitrogen and oxygen atoms in total. The maximum absolute atomic E-state index is 4.39. The Bertz CT molecular complexity index is 290. The summed E-state index contributed by atoms with van der Waals surface area (Å²) in [5, 5.41) is 9.13. The Kier molecular flexibility index (Phi) is 2.24. The number of aromatic nitrogens is 2. The average molecular weight is 197 g/mol. The fourth-order valence-electron chi connectivity index (χ4n) is 1.56. The first-order chi connectivity index (χ1) is 6.18. The SMILES string of the molecule is Cc1nn(C)c2c1NCC(C)CS2. The molecule has 0 aromatic carbocycles. The van der Waals surface area contributed by atoms with E-state index in [1.807, 2.05) is 23.5 Å². The molecule has 1 aliphatic rings. The first-order valence-corrected chi connectivity index (χ1v) is 5.57. The lowest BCUT2D eigenvalue weighted by Gasteiger charge is -2.06. The van der Waals surface area contributed by atoms with Crippen LogP contribution in [0.25, 0.3) is 0 Å². The molecule has 1 atom stereocenters. The Morgan fingerprint density at radius 3 is 3.15 bits per heavy atom. The molecule has 4 heteroatoms. The van der Waals surface area contributed by atoms with E-state index in [1.54, 1.807) is 0 Å². The average Bonchev–Trinajstić information content (AvgIpc) is 2.27. The van der Waals surface area contributed by atoms with Gasteiger partial charge in [-0.3, -0.25) is 4.68 Å². The minimum Gasteiger partial charge on any atom is -0.381 e. The van der Waals surface area contributed by atoms with Crippen LogP contribution in [0.4, 0.5) is 5.69 Å². The minimum absolute atomic E-state index is 0.733. The molecule has 1 aromatic heterocycles. The van der Waals surface area contributed by atoms with Crippen LogP contribution in [0.15, 0.2) is 5.03 Å². The van der Waals surface area contributed by atoms with Gasteiger partial charge in [-0.05, 0) is 12.8 Å². The van der Waals surface area contributed by atoms with Crippen molar-refractivity contribution in [1.82, 2.24) is 9.78 Å². The lowest BCUT2D eigenvalue weighted by molar-refractivity contribution is 0.690. The number of nitrogens with one attached hydrogen (secondary N) is 1. The zero-order valence-electron chi connectivity index (χ0n) is 8.29. The molecule has 0 amide bonds. The molecule has 0 aliphatic carbocycles. The second-order valence-corrected chi connectivity index (χ2v) is 4.69. The van der Waals surface area contributed by atoms with E-state index in [1.165, 1.54) is 16.5 Å². The second-order valence-electron chi connectivity index (χ2n) is 3.69. The summed E-state index contributed by atoms with van der Waals surface area (Å²) in [6.07, 6.45) is 0. The van der Waals surface area contributed by atoms with Gasteiger partial charge in [0.05, 0.1) is 11.4 Å². The number of hydrogen-bond acceptors (Lipinski definition) is 3. The van der Waals surface area contributed by atoms with E-state index in [9.17, 15) is 0 Å². The molecule has 72 valence electrons. The van der Waals surface area contributed by atoms with Crippen LogP contribution in [0, 0.1) is 12.8 Å². The van der Waals surface area contributed by atoms with Gasteiger partial charge in [0.25, 0.3) is 0 Å². The summed E-state index contributed by atoms with van der Waals surface area (Å²) >= 11 is 1.90. The lowest BCUT2D eigenvalue weighted by Crippen LogP contribution is -2.10. The van der Waals surface area contributed by atoms with Gasteiger partial charge >= 0.3 is 0 Å². The van der Waals surface area contributed by atoms with Crippen molar-refractivity contribution in [2.24, 2.45) is 13.0 Å². The summed E-state index contributed by atoms with van der Waals surface area (Å²) in [5.74, 6) is 1.91. The van der Waals surface area contributed by atoms with Crippen LogP contribution in [-0.4, -0.2) is 22.1 Å². The monoisotopic (exact) mass is 197 g/mol. The summed E-state index contributed by atoms with van der Waals surface area (Å²) < 4.78 is 1.97. The van der Waals surface area contributed by atoms with Crippen molar-refractivity contribution in [3.63, 3.8) is 0 Å². The molecule has 0 radical (unpaired) electrons. The number of nitrogens with zero attached hydrogens (tertiary/aromatic N) is 2. The maximum atomic E-state index is 4.39. The standard InChI is InChI=1S/C9H15N3S/c1-6-4-10-8-7(2)11-12(3)9(8)13-5-6/h6,10H,4-5H2,1-3H3. The molecule has 1 N–H and O–H groups in total. The van der Waals surface area contributed by atoms with Crippen LogP contribution in [0.5, 0.6) is 0 Å². The minimum atomic E-state index is 0.733. The quantitative estimate of drug-likeness (QED) is 0.688. The molecular formula is C9H15N3S. The zero-order chi connectivity index (χ0) is 9.42. The van der Waals surface area contributed by atoms with Gasteiger partial charge in [-0.1, -0.05) is 6.92 Å². The molecule has 0 fully saturated rings. The molecule has 0 saturated carbocycles. The van der Waals surface area contributed by atoms with Crippen LogP contribution < -0.4 is 5.32 Å². The van der Waals surface area contributed by atoms with Crippen LogP contribution in [0.2, 0.25) is 0 Å². The summed E-state index contributed by atoms with van der Waals surface area (Å²) in [6.45, 7) is 5.39. The Hall–Kier alpha value is -0.640. The molecule has 2 heterocycles. The van der Waals surface area contributed by atoms with E-state index in [4.69, 9.17) is 0 Å². The highest BCUT2D eigenvalue weighted by Crippen LogP contribution is 2.33. The van der Waals surface area contributed by atoms with Crippen molar-refractivity contribution in [2.45, 2.75) is 18.9 Å². The van der Waals surface area contributed by atoms with Gasteiger partial charge in [-0.15, -0.1) is 11.8 Å². The third kappa shape index (κ3) is 1.55. The summed E-state index contributed by atoms with van der Waals surface area (Å²) in [6, 6.07) is 0. The van der Waals surface area contributed by atoms with Crippen LogP contribution in [0.1, 0.15) is 12.6 Å².